The van der Waals surface area contributed by atoms with E-state index in [0.717, 1.165) is 26.2 Å². The summed E-state index contributed by atoms with van der Waals surface area (Å²) in [6, 6.07) is 20.7. The topological polar surface area (TPSA) is 41.3 Å². The maximum absolute atomic E-state index is 5.98. The predicted octanol–water partition coefficient (Wildman–Crippen LogP) is 2.15. The van der Waals surface area contributed by atoms with Crippen LogP contribution >= 0.6 is 0 Å². The van der Waals surface area contributed by atoms with Gasteiger partial charge in [-0.15, -0.1) is 0 Å². The first-order chi connectivity index (χ1) is 9.34. The zero-order valence-corrected chi connectivity index (χ0v) is 11.1. The Morgan fingerprint density at radius 3 is 2.05 bits per heavy atom. The fourth-order valence-electron chi connectivity index (χ4n) is 1.95. The molecule has 3 heteroatoms. The van der Waals surface area contributed by atoms with Gasteiger partial charge < -0.3 is 5.32 Å². The van der Waals surface area contributed by atoms with Crippen LogP contribution in [0.3, 0.4) is 0 Å². The Labute approximate surface area is 115 Å². The van der Waals surface area contributed by atoms with Crippen molar-refractivity contribution in [2.45, 2.75) is 13.1 Å². The number of hydrogen-bond donors (Lipinski definition) is 2. The molecule has 0 unspecified atom stereocenters. The Bertz CT molecular complexity index is 456. The monoisotopic (exact) mass is 255 g/mol. The first kappa shape index (κ1) is 13.7. The van der Waals surface area contributed by atoms with E-state index in [1.54, 1.807) is 0 Å². The summed E-state index contributed by atoms with van der Waals surface area (Å²) in [6.45, 7) is 3.40. The van der Waals surface area contributed by atoms with Gasteiger partial charge >= 0.3 is 0 Å². The van der Waals surface area contributed by atoms with Crippen molar-refractivity contribution in [3.8, 4) is 0 Å². The second-order valence-corrected chi connectivity index (χ2v) is 4.62. The molecule has 0 spiro atoms. The van der Waals surface area contributed by atoms with Gasteiger partial charge in [-0.05, 0) is 11.1 Å². The van der Waals surface area contributed by atoms with Crippen molar-refractivity contribution in [3.05, 3.63) is 71.8 Å². The van der Waals surface area contributed by atoms with Gasteiger partial charge in [-0.1, -0.05) is 60.7 Å². The van der Waals surface area contributed by atoms with Gasteiger partial charge in [-0.2, -0.15) is 0 Å². The van der Waals surface area contributed by atoms with Gasteiger partial charge in [0.15, 0.2) is 0 Å². The zero-order chi connectivity index (χ0) is 13.3. The van der Waals surface area contributed by atoms with E-state index in [1.165, 1.54) is 11.1 Å². The Kier molecular flexibility index (Phi) is 5.56. The first-order valence-corrected chi connectivity index (χ1v) is 6.63. The van der Waals surface area contributed by atoms with Crippen LogP contribution in [0.25, 0.3) is 0 Å². The van der Waals surface area contributed by atoms with E-state index in [-0.39, 0.29) is 0 Å². The maximum atomic E-state index is 5.98. The van der Waals surface area contributed by atoms with Crippen LogP contribution in [-0.2, 0) is 13.1 Å². The highest BCUT2D eigenvalue weighted by Crippen LogP contribution is 2.00. The summed E-state index contributed by atoms with van der Waals surface area (Å²) in [5.41, 5.74) is 2.54. The molecule has 0 bridgehead atoms. The average molecular weight is 255 g/mol. The van der Waals surface area contributed by atoms with E-state index in [0.29, 0.717) is 0 Å². The quantitative estimate of drug-likeness (QED) is 0.452. The molecular weight excluding hydrogens is 234 g/mol. The van der Waals surface area contributed by atoms with Crippen LogP contribution in [0.4, 0.5) is 0 Å². The molecule has 0 saturated carbocycles. The van der Waals surface area contributed by atoms with Crippen molar-refractivity contribution in [2.75, 3.05) is 13.1 Å². The summed E-state index contributed by atoms with van der Waals surface area (Å²) < 4.78 is 0. The van der Waals surface area contributed by atoms with E-state index >= 15 is 0 Å². The molecule has 0 aromatic heterocycles. The van der Waals surface area contributed by atoms with Crippen molar-refractivity contribution in [1.82, 2.24) is 10.3 Å². The molecule has 2 rings (SSSR count). The Morgan fingerprint density at radius 2 is 1.42 bits per heavy atom. The molecule has 0 fully saturated rings. The van der Waals surface area contributed by atoms with Gasteiger partial charge in [0.05, 0.1) is 0 Å². The largest absolute Gasteiger partial charge is 0.311 e. The molecule has 2 aromatic carbocycles. The number of hydrogen-bond acceptors (Lipinski definition) is 3. The summed E-state index contributed by atoms with van der Waals surface area (Å²) in [7, 11) is 0. The minimum absolute atomic E-state index is 0.786. The van der Waals surface area contributed by atoms with Crippen molar-refractivity contribution >= 4 is 0 Å². The van der Waals surface area contributed by atoms with Crippen molar-refractivity contribution in [3.63, 3.8) is 0 Å². The predicted molar refractivity (Wildman–Crippen MR) is 79.2 cm³/mol. The summed E-state index contributed by atoms with van der Waals surface area (Å²) in [5, 5.41) is 5.24. The fraction of sp³-hybridized carbons (Fsp3) is 0.250. The molecule has 0 atom stereocenters. The molecule has 3 N–H and O–H groups in total. The number of hydrazine groups is 1. The SMILES string of the molecule is NN(CCNCc1ccccc1)Cc1ccccc1. The number of nitrogens with one attached hydrogen (secondary N) is 1. The van der Waals surface area contributed by atoms with Crippen LogP contribution in [0.2, 0.25) is 0 Å². The molecule has 0 aliphatic carbocycles. The third-order valence-electron chi connectivity index (χ3n) is 2.98. The molecular formula is C16H21N3. The van der Waals surface area contributed by atoms with Gasteiger partial charge in [0.2, 0.25) is 0 Å². The molecule has 0 amide bonds. The smallest absolute Gasteiger partial charge is 0.0379 e. The summed E-state index contributed by atoms with van der Waals surface area (Å²) in [6.07, 6.45) is 0. The van der Waals surface area contributed by atoms with Gasteiger partial charge in [-0.25, -0.2) is 5.01 Å². The summed E-state index contributed by atoms with van der Waals surface area (Å²) in [4.78, 5) is 0. The number of nitrogens with two attached hydrogens (primary N) is 1. The van der Waals surface area contributed by atoms with E-state index < -0.39 is 0 Å². The Balaban J connectivity index is 1.63. The lowest BCUT2D eigenvalue weighted by Crippen LogP contribution is -2.36. The van der Waals surface area contributed by atoms with Gasteiger partial charge in [0, 0.05) is 26.2 Å². The highest BCUT2D eigenvalue weighted by Gasteiger charge is 1.99. The normalized spacial score (nSPS) is 10.8. The van der Waals surface area contributed by atoms with Crippen molar-refractivity contribution < 1.29 is 0 Å². The lowest BCUT2D eigenvalue weighted by molar-refractivity contribution is 0.274. The minimum Gasteiger partial charge on any atom is -0.311 e. The Hall–Kier alpha value is -1.68. The van der Waals surface area contributed by atoms with Gasteiger partial charge in [0.25, 0.3) is 0 Å². The number of rotatable bonds is 7. The lowest BCUT2D eigenvalue weighted by atomic mass is 10.2. The van der Waals surface area contributed by atoms with Crippen LogP contribution in [0.1, 0.15) is 11.1 Å². The third-order valence-corrected chi connectivity index (χ3v) is 2.98. The van der Waals surface area contributed by atoms with Crippen LogP contribution in [-0.4, -0.2) is 18.1 Å². The van der Waals surface area contributed by atoms with E-state index in [2.05, 4.69) is 41.7 Å². The number of benzene rings is 2. The molecule has 0 saturated heterocycles. The van der Waals surface area contributed by atoms with Crippen LogP contribution in [0, 0.1) is 0 Å². The van der Waals surface area contributed by atoms with E-state index in [1.807, 2.05) is 29.3 Å². The minimum atomic E-state index is 0.786. The molecule has 19 heavy (non-hydrogen) atoms. The molecule has 3 nitrogen and oxygen atoms in total. The molecule has 100 valence electrons. The summed E-state index contributed by atoms with van der Waals surface area (Å²) in [5.74, 6) is 5.98. The summed E-state index contributed by atoms with van der Waals surface area (Å²) >= 11 is 0. The van der Waals surface area contributed by atoms with Crippen LogP contribution in [0.5, 0.6) is 0 Å². The first-order valence-electron chi connectivity index (χ1n) is 6.63. The van der Waals surface area contributed by atoms with Gasteiger partial charge in [0.1, 0.15) is 0 Å². The van der Waals surface area contributed by atoms with Gasteiger partial charge in [-0.3, -0.25) is 5.84 Å². The van der Waals surface area contributed by atoms with Crippen LogP contribution < -0.4 is 11.2 Å². The van der Waals surface area contributed by atoms with E-state index in [4.69, 9.17) is 5.84 Å². The lowest BCUT2D eigenvalue weighted by Gasteiger charge is -2.16. The van der Waals surface area contributed by atoms with E-state index in [9.17, 15) is 0 Å². The van der Waals surface area contributed by atoms with Crippen LogP contribution in [0.15, 0.2) is 60.7 Å². The third kappa shape index (κ3) is 5.22. The molecule has 2 aromatic rings. The Morgan fingerprint density at radius 1 is 0.842 bits per heavy atom. The zero-order valence-electron chi connectivity index (χ0n) is 11.1. The number of nitrogens with zero attached hydrogens (tertiary/aromatic N) is 1. The highest BCUT2D eigenvalue weighted by atomic mass is 15.4. The molecule has 0 heterocycles. The molecule has 0 aliphatic rings. The highest BCUT2D eigenvalue weighted by molar-refractivity contribution is 5.15. The second kappa shape index (κ2) is 7.69. The van der Waals surface area contributed by atoms with Crippen molar-refractivity contribution in [2.24, 2.45) is 5.84 Å². The second-order valence-electron chi connectivity index (χ2n) is 4.62. The fourth-order valence-corrected chi connectivity index (χ4v) is 1.95. The standard InChI is InChI=1S/C16H21N3/c17-19(14-16-9-5-2-6-10-16)12-11-18-13-15-7-3-1-4-8-15/h1-10,18H,11-14,17H2. The molecule has 0 radical (unpaired) electrons. The van der Waals surface area contributed by atoms with Crippen molar-refractivity contribution in [1.29, 1.82) is 0 Å². The average Bonchev–Trinajstić information content (AvgIpc) is 2.46. The maximum Gasteiger partial charge on any atom is 0.0379 e. The molecule has 0 aliphatic heterocycles.